The molecule has 2 fully saturated rings. The van der Waals surface area contributed by atoms with Crippen LogP contribution in [-0.4, -0.2) is 52.7 Å². The second kappa shape index (κ2) is 7.68. The molecule has 1 spiro atoms. The molecule has 4 rings (SSSR count). The number of oxazole rings is 1. The Morgan fingerprint density at radius 2 is 2.19 bits per heavy atom. The number of carbonyl (C=O) groups excluding carboxylic acids is 1. The third-order valence-corrected chi connectivity index (χ3v) is 5.79. The molecule has 2 aliphatic heterocycles. The number of hydrogen-bond acceptors (Lipinski definition) is 6. The number of aryl methyl sites for hydroxylation is 1. The quantitative estimate of drug-likeness (QED) is 0.804. The molecule has 0 aromatic carbocycles. The SMILES string of the molecule is Cc1ncoc1C(=O)N1CCC2(CC1)OCCC2CCOc1ccccn1. The lowest BCUT2D eigenvalue weighted by atomic mass is 9.78. The van der Waals surface area contributed by atoms with Crippen molar-refractivity contribution < 1.29 is 18.7 Å². The molecule has 144 valence electrons. The van der Waals surface area contributed by atoms with Gasteiger partial charge < -0.3 is 18.8 Å². The second-order valence-corrected chi connectivity index (χ2v) is 7.26. The minimum Gasteiger partial charge on any atom is -0.478 e. The predicted molar refractivity (Wildman–Crippen MR) is 97.5 cm³/mol. The summed E-state index contributed by atoms with van der Waals surface area (Å²) in [4.78, 5) is 22.7. The van der Waals surface area contributed by atoms with Gasteiger partial charge >= 0.3 is 0 Å². The fraction of sp³-hybridized carbons (Fsp3) is 0.550. The van der Waals surface area contributed by atoms with Crippen LogP contribution >= 0.6 is 0 Å². The standard InChI is InChI=1S/C20H25N3O4/c1-15-18(26-14-22-15)19(24)23-10-7-20(8-11-23)16(6-13-27-20)5-12-25-17-4-2-3-9-21-17/h2-4,9,14,16H,5-8,10-13H2,1H3. The van der Waals surface area contributed by atoms with E-state index in [4.69, 9.17) is 13.9 Å². The zero-order valence-corrected chi connectivity index (χ0v) is 15.6. The average molecular weight is 371 g/mol. The summed E-state index contributed by atoms with van der Waals surface area (Å²) in [6.45, 7) is 4.56. The third kappa shape index (κ3) is 3.69. The number of aromatic nitrogens is 2. The first-order valence-corrected chi connectivity index (χ1v) is 9.55. The number of rotatable bonds is 5. The fourth-order valence-corrected chi connectivity index (χ4v) is 4.22. The highest BCUT2D eigenvalue weighted by atomic mass is 16.5. The van der Waals surface area contributed by atoms with Gasteiger partial charge in [0.1, 0.15) is 0 Å². The van der Waals surface area contributed by atoms with Crippen molar-refractivity contribution in [2.75, 3.05) is 26.3 Å². The molecule has 0 aliphatic carbocycles. The zero-order valence-electron chi connectivity index (χ0n) is 15.6. The Kier molecular flexibility index (Phi) is 5.11. The van der Waals surface area contributed by atoms with Gasteiger partial charge in [-0.25, -0.2) is 9.97 Å². The van der Waals surface area contributed by atoms with Gasteiger partial charge in [0.05, 0.1) is 17.9 Å². The van der Waals surface area contributed by atoms with Crippen molar-refractivity contribution in [3.05, 3.63) is 42.2 Å². The monoisotopic (exact) mass is 371 g/mol. The number of amides is 1. The summed E-state index contributed by atoms with van der Waals surface area (Å²) in [5, 5.41) is 0. The highest BCUT2D eigenvalue weighted by Gasteiger charge is 2.46. The van der Waals surface area contributed by atoms with E-state index in [-0.39, 0.29) is 11.5 Å². The first-order chi connectivity index (χ1) is 13.2. The van der Waals surface area contributed by atoms with Gasteiger partial charge in [-0.2, -0.15) is 0 Å². The molecule has 7 nitrogen and oxygen atoms in total. The Morgan fingerprint density at radius 1 is 1.33 bits per heavy atom. The molecule has 4 heterocycles. The van der Waals surface area contributed by atoms with E-state index in [1.807, 2.05) is 23.1 Å². The highest BCUT2D eigenvalue weighted by molar-refractivity contribution is 5.92. The molecule has 2 saturated heterocycles. The lowest BCUT2D eigenvalue weighted by molar-refractivity contribution is -0.0652. The summed E-state index contributed by atoms with van der Waals surface area (Å²) >= 11 is 0. The maximum Gasteiger partial charge on any atom is 0.291 e. The van der Waals surface area contributed by atoms with Gasteiger partial charge in [0.25, 0.3) is 5.91 Å². The Balaban J connectivity index is 1.32. The number of hydrogen-bond donors (Lipinski definition) is 0. The molecule has 2 aromatic rings. The van der Waals surface area contributed by atoms with Crippen molar-refractivity contribution in [2.45, 2.75) is 38.2 Å². The van der Waals surface area contributed by atoms with E-state index < -0.39 is 0 Å². The average Bonchev–Trinajstić information content (AvgIpc) is 3.29. The van der Waals surface area contributed by atoms with Gasteiger partial charge in [-0.1, -0.05) is 6.07 Å². The maximum atomic E-state index is 12.6. The Bertz CT molecular complexity index is 769. The van der Waals surface area contributed by atoms with Crippen LogP contribution in [0.15, 0.2) is 35.2 Å². The van der Waals surface area contributed by atoms with E-state index in [0.717, 1.165) is 32.3 Å². The highest BCUT2D eigenvalue weighted by Crippen LogP contribution is 2.42. The van der Waals surface area contributed by atoms with Gasteiger partial charge in [0.15, 0.2) is 6.39 Å². The van der Waals surface area contributed by atoms with Gasteiger partial charge in [0.2, 0.25) is 11.6 Å². The number of nitrogens with zero attached hydrogens (tertiary/aromatic N) is 3. The molecule has 0 saturated carbocycles. The zero-order chi connectivity index (χ0) is 18.7. The van der Waals surface area contributed by atoms with Gasteiger partial charge in [-0.15, -0.1) is 0 Å². The van der Waals surface area contributed by atoms with Crippen LogP contribution in [0, 0.1) is 12.8 Å². The maximum absolute atomic E-state index is 12.6. The molecule has 0 bridgehead atoms. The van der Waals surface area contributed by atoms with Crippen molar-refractivity contribution in [3.8, 4) is 5.88 Å². The number of pyridine rings is 1. The van der Waals surface area contributed by atoms with E-state index in [0.29, 0.717) is 42.9 Å². The van der Waals surface area contributed by atoms with Crippen LogP contribution in [-0.2, 0) is 4.74 Å². The van der Waals surface area contributed by atoms with Gasteiger partial charge in [-0.3, -0.25) is 4.79 Å². The van der Waals surface area contributed by atoms with Crippen LogP contribution in [0.1, 0.15) is 41.9 Å². The molecule has 1 atom stereocenters. The molecule has 7 heteroatoms. The lowest BCUT2D eigenvalue weighted by Gasteiger charge is -2.42. The predicted octanol–water partition coefficient (Wildman–Crippen LogP) is 2.86. The van der Waals surface area contributed by atoms with Crippen molar-refractivity contribution in [1.82, 2.24) is 14.9 Å². The fourth-order valence-electron chi connectivity index (χ4n) is 4.22. The molecule has 0 N–H and O–H groups in total. The Morgan fingerprint density at radius 3 is 2.89 bits per heavy atom. The Hall–Kier alpha value is -2.41. The topological polar surface area (TPSA) is 77.7 Å². The van der Waals surface area contributed by atoms with Crippen LogP contribution in [0.3, 0.4) is 0 Å². The molecule has 27 heavy (non-hydrogen) atoms. The van der Waals surface area contributed by atoms with Crippen molar-refractivity contribution in [3.63, 3.8) is 0 Å². The van der Waals surface area contributed by atoms with E-state index in [9.17, 15) is 4.79 Å². The lowest BCUT2D eigenvalue weighted by Crippen LogP contribution is -2.49. The van der Waals surface area contributed by atoms with Crippen molar-refractivity contribution in [2.24, 2.45) is 5.92 Å². The minimum absolute atomic E-state index is 0.0760. The molecule has 2 aromatic heterocycles. The first kappa shape index (κ1) is 18.0. The van der Waals surface area contributed by atoms with Gasteiger partial charge in [0, 0.05) is 32.0 Å². The summed E-state index contributed by atoms with van der Waals surface area (Å²) in [6, 6.07) is 5.67. The second-order valence-electron chi connectivity index (χ2n) is 7.26. The molecule has 1 amide bonds. The van der Waals surface area contributed by atoms with Crippen LogP contribution < -0.4 is 4.74 Å². The normalized spacial score (nSPS) is 21.5. The summed E-state index contributed by atoms with van der Waals surface area (Å²) in [5.74, 6) is 1.38. The molecule has 1 unspecified atom stereocenters. The Labute approximate surface area is 158 Å². The minimum atomic E-state index is -0.138. The number of piperidine rings is 1. The van der Waals surface area contributed by atoms with Gasteiger partial charge in [-0.05, 0) is 44.6 Å². The third-order valence-electron chi connectivity index (χ3n) is 5.79. The summed E-state index contributed by atoms with van der Waals surface area (Å²) < 4.78 is 17.2. The van der Waals surface area contributed by atoms with Crippen LogP contribution in [0.4, 0.5) is 0 Å². The largest absolute Gasteiger partial charge is 0.478 e. The number of ether oxygens (including phenoxy) is 2. The first-order valence-electron chi connectivity index (χ1n) is 9.55. The smallest absolute Gasteiger partial charge is 0.291 e. The van der Waals surface area contributed by atoms with Crippen molar-refractivity contribution in [1.29, 1.82) is 0 Å². The molecular weight excluding hydrogens is 346 g/mol. The van der Waals surface area contributed by atoms with Crippen LogP contribution in [0.2, 0.25) is 0 Å². The molecular formula is C20H25N3O4. The summed E-state index contributed by atoms with van der Waals surface area (Å²) in [5.41, 5.74) is 0.503. The van der Waals surface area contributed by atoms with E-state index in [2.05, 4.69) is 9.97 Å². The number of likely N-dealkylation sites (tertiary alicyclic amines) is 1. The molecule has 2 aliphatic rings. The summed E-state index contributed by atoms with van der Waals surface area (Å²) in [7, 11) is 0. The van der Waals surface area contributed by atoms with E-state index in [1.54, 1.807) is 13.1 Å². The van der Waals surface area contributed by atoms with Crippen LogP contribution in [0.5, 0.6) is 5.88 Å². The molecule has 0 radical (unpaired) electrons. The number of carbonyl (C=O) groups is 1. The van der Waals surface area contributed by atoms with Crippen LogP contribution in [0.25, 0.3) is 0 Å². The van der Waals surface area contributed by atoms with Crippen molar-refractivity contribution >= 4 is 5.91 Å². The summed E-state index contributed by atoms with van der Waals surface area (Å²) in [6.07, 6.45) is 6.73. The van der Waals surface area contributed by atoms with E-state index >= 15 is 0 Å². The van der Waals surface area contributed by atoms with E-state index in [1.165, 1.54) is 6.39 Å².